The lowest BCUT2D eigenvalue weighted by molar-refractivity contribution is 0.0976. The minimum atomic E-state index is -3.85. The van der Waals surface area contributed by atoms with E-state index >= 15 is 0 Å². The van der Waals surface area contributed by atoms with Crippen LogP contribution in [0.3, 0.4) is 0 Å². The van der Waals surface area contributed by atoms with Crippen LogP contribution >= 0.6 is 15.9 Å². The van der Waals surface area contributed by atoms with Crippen molar-refractivity contribution in [3.63, 3.8) is 0 Å². The van der Waals surface area contributed by atoms with Crippen molar-refractivity contribution in [1.82, 2.24) is 5.16 Å². The average Bonchev–Trinajstić information content (AvgIpc) is 3.23. The van der Waals surface area contributed by atoms with Gasteiger partial charge in [0.25, 0.3) is 10.0 Å². The third-order valence-electron chi connectivity index (χ3n) is 5.20. The van der Waals surface area contributed by atoms with Crippen LogP contribution in [0.1, 0.15) is 34.1 Å². The molecule has 4 aromatic rings. The van der Waals surface area contributed by atoms with Gasteiger partial charge in [0.1, 0.15) is 11.5 Å². The first-order valence-electron chi connectivity index (χ1n) is 10.6. The number of nitrogens with one attached hydrogen (secondary N) is 2. The predicted molar refractivity (Wildman–Crippen MR) is 136 cm³/mol. The highest BCUT2D eigenvalue weighted by molar-refractivity contribution is 9.10. The molecule has 0 amide bonds. The van der Waals surface area contributed by atoms with Crippen molar-refractivity contribution in [2.45, 2.75) is 24.3 Å². The van der Waals surface area contributed by atoms with Crippen molar-refractivity contribution >= 4 is 43.2 Å². The summed E-state index contributed by atoms with van der Waals surface area (Å²) in [5.41, 5.74) is 1.89. The summed E-state index contributed by atoms with van der Waals surface area (Å²) in [6.07, 6.45) is 0.123. The van der Waals surface area contributed by atoms with E-state index in [4.69, 9.17) is 4.52 Å². The van der Waals surface area contributed by atoms with Gasteiger partial charge in [-0.25, -0.2) is 8.42 Å². The van der Waals surface area contributed by atoms with E-state index in [-0.39, 0.29) is 28.7 Å². The van der Waals surface area contributed by atoms with Crippen LogP contribution in [0.4, 0.5) is 11.5 Å². The lowest BCUT2D eigenvalue weighted by Gasteiger charge is -2.20. The van der Waals surface area contributed by atoms with Gasteiger partial charge >= 0.3 is 0 Å². The van der Waals surface area contributed by atoms with Crippen molar-refractivity contribution in [1.29, 1.82) is 0 Å². The molecule has 1 heterocycles. The number of nitrogens with zero attached hydrogens (tertiary/aromatic N) is 1. The molecule has 0 saturated carbocycles. The van der Waals surface area contributed by atoms with Crippen LogP contribution in [-0.2, 0) is 10.0 Å². The standard InChI is InChI=1S/C25H22BrN3O5S/c1-16-13-25(28-34-16)29-35(32,33)22-11-9-20(10-12-22)27-23(18-3-2-4-21(30)14-18)15-24(31)17-5-7-19(26)8-6-17/h2-14,23,27,30H,15H2,1H3,(H,28,29). The number of aromatic hydroxyl groups is 1. The fraction of sp³-hybridized carbons (Fsp3) is 0.120. The normalized spacial score (nSPS) is 12.2. The Kier molecular flexibility index (Phi) is 7.23. The van der Waals surface area contributed by atoms with Gasteiger partial charge < -0.3 is 14.9 Å². The molecule has 1 unspecified atom stereocenters. The van der Waals surface area contributed by atoms with E-state index in [1.54, 1.807) is 61.5 Å². The first kappa shape index (κ1) is 24.5. The molecule has 3 aromatic carbocycles. The molecule has 10 heteroatoms. The average molecular weight is 556 g/mol. The van der Waals surface area contributed by atoms with Gasteiger partial charge in [0.05, 0.1) is 10.9 Å². The number of Topliss-reactive ketones (excluding diaryl/α,β-unsaturated/α-hetero) is 1. The van der Waals surface area contributed by atoms with Crippen LogP contribution in [-0.4, -0.2) is 24.5 Å². The molecule has 8 nitrogen and oxygen atoms in total. The Morgan fingerprint density at radius 1 is 1.06 bits per heavy atom. The first-order chi connectivity index (χ1) is 16.7. The van der Waals surface area contributed by atoms with E-state index in [9.17, 15) is 18.3 Å². The summed E-state index contributed by atoms with van der Waals surface area (Å²) >= 11 is 3.37. The molecular formula is C25H22BrN3O5S. The van der Waals surface area contributed by atoms with Crippen molar-refractivity contribution in [2.75, 3.05) is 10.0 Å². The van der Waals surface area contributed by atoms with Crippen molar-refractivity contribution < 1.29 is 22.8 Å². The van der Waals surface area contributed by atoms with E-state index in [0.29, 0.717) is 17.0 Å². The number of hydrogen-bond donors (Lipinski definition) is 3. The second-order valence-electron chi connectivity index (χ2n) is 7.88. The smallest absolute Gasteiger partial charge is 0.263 e. The lowest BCUT2D eigenvalue weighted by atomic mass is 9.97. The molecule has 4 rings (SSSR count). The molecule has 0 bridgehead atoms. The van der Waals surface area contributed by atoms with Gasteiger partial charge in [0, 0.05) is 28.2 Å². The highest BCUT2D eigenvalue weighted by Crippen LogP contribution is 2.28. The molecule has 1 aromatic heterocycles. The Morgan fingerprint density at radius 2 is 1.77 bits per heavy atom. The summed E-state index contributed by atoms with van der Waals surface area (Å²) in [6.45, 7) is 1.66. The third kappa shape index (κ3) is 6.28. The predicted octanol–water partition coefficient (Wildman–Crippen LogP) is 5.68. The third-order valence-corrected chi connectivity index (χ3v) is 7.10. The molecule has 0 aliphatic carbocycles. The Labute approximate surface area is 211 Å². The Balaban J connectivity index is 1.54. The fourth-order valence-corrected chi connectivity index (χ4v) is 4.72. The number of phenolic OH excluding ortho intramolecular Hbond substituents is 1. The molecule has 0 radical (unpaired) electrons. The summed E-state index contributed by atoms with van der Waals surface area (Å²) in [5, 5.41) is 16.9. The Bertz CT molecular complexity index is 1430. The zero-order chi connectivity index (χ0) is 25.0. The van der Waals surface area contributed by atoms with E-state index in [1.807, 2.05) is 6.07 Å². The van der Waals surface area contributed by atoms with E-state index < -0.39 is 16.1 Å². The summed E-state index contributed by atoms with van der Waals surface area (Å²) in [5.74, 6) is 0.587. The number of aryl methyl sites for hydroxylation is 1. The van der Waals surface area contributed by atoms with E-state index in [2.05, 4.69) is 31.1 Å². The summed E-state index contributed by atoms with van der Waals surface area (Å²) in [6, 6.07) is 20.9. The van der Waals surface area contributed by atoms with Gasteiger partial charge in [-0.05, 0) is 61.0 Å². The van der Waals surface area contributed by atoms with Gasteiger partial charge in [-0.3, -0.25) is 9.52 Å². The van der Waals surface area contributed by atoms with Gasteiger partial charge in [0.2, 0.25) is 0 Å². The molecule has 0 spiro atoms. The number of halogens is 1. The van der Waals surface area contributed by atoms with Gasteiger partial charge in [-0.2, -0.15) is 0 Å². The largest absolute Gasteiger partial charge is 0.508 e. The fourth-order valence-electron chi connectivity index (χ4n) is 3.48. The molecule has 0 fully saturated rings. The highest BCUT2D eigenvalue weighted by atomic mass is 79.9. The summed E-state index contributed by atoms with van der Waals surface area (Å²) in [4.78, 5) is 13.0. The molecule has 0 aliphatic heterocycles. The number of hydrogen-bond acceptors (Lipinski definition) is 7. The van der Waals surface area contributed by atoms with Crippen LogP contribution in [0, 0.1) is 6.92 Å². The quantitative estimate of drug-likeness (QED) is 0.227. The zero-order valence-corrected chi connectivity index (χ0v) is 21.0. The van der Waals surface area contributed by atoms with Crippen molar-refractivity contribution in [3.05, 3.63) is 100 Å². The van der Waals surface area contributed by atoms with Crippen LogP contribution in [0.15, 0.2) is 92.8 Å². The van der Waals surface area contributed by atoms with Crippen LogP contribution in [0.25, 0.3) is 0 Å². The molecular weight excluding hydrogens is 534 g/mol. The number of sulfonamides is 1. The number of aromatic nitrogens is 1. The molecule has 180 valence electrons. The lowest BCUT2D eigenvalue weighted by Crippen LogP contribution is -2.16. The second kappa shape index (κ2) is 10.3. The topological polar surface area (TPSA) is 122 Å². The number of phenols is 1. The number of carbonyl (C=O) groups excluding carboxylic acids is 1. The van der Waals surface area contributed by atoms with Crippen LogP contribution in [0.2, 0.25) is 0 Å². The number of ketones is 1. The van der Waals surface area contributed by atoms with E-state index in [0.717, 1.165) is 10.0 Å². The molecule has 1 atom stereocenters. The Hall–Kier alpha value is -3.63. The Morgan fingerprint density at radius 3 is 2.40 bits per heavy atom. The minimum absolute atomic E-state index is 0.0450. The zero-order valence-electron chi connectivity index (χ0n) is 18.6. The summed E-state index contributed by atoms with van der Waals surface area (Å²) in [7, 11) is -3.85. The molecule has 3 N–H and O–H groups in total. The maximum absolute atomic E-state index is 13.0. The van der Waals surface area contributed by atoms with Gasteiger partial charge in [-0.1, -0.05) is 45.4 Å². The molecule has 0 aliphatic rings. The van der Waals surface area contributed by atoms with Crippen molar-refractivity contribution in [2.24, 2.45) is 0 Å². The van der Waals surface area contributed by atoms with Crippen molar-refractivity contribution in [3.8, 4) is 5.75 Å². The second-order valence-corrected chi connectivity index (χ2v) is 10.5. The maximum Gasteiger partial charge on any atom is 0.263 e. The number of anilines is 2. The minimum Gasteiger partial charge on any atom is -0.508 e. The van der Waals surface area contributed by atoms with E-state index in [1.165, 1.54) is 18.2 Å². The monoisotopic (exact) mass is 555 g/mol. The number of benzene rings is 3. The highest BCUT2D eigenvalue weighted by Gasteiger charge is 2.20. The van der Waals surface area contributed by atoms with Gasteiger partial charge in [0.15, 0.2) is 11.6 Å². The number of carbonyl (C=O) groups is 1. The van der Waals surface area contributed by atoms with Gasteiger partial charge in [-0.15, -0.1) is 0 Å². The van der Waals surface area contributed by atoms with Crippen LogP contribution in [0.5, 0.6) is 5.75 Å². The molecule has 0 saturated heterocycles. The first-order valence-corrected chi connectivity index (χ1v) is 12.9. The summed E-state index contributed by atoms with van der Waals surface area (Å²) < 4.78 is 33.4. The molecule has 35 heavy (non-hydrogen) atoms. The maximum atomic E-state index is 13.0. The van der Waals surface area contributed by atoms with Crippen LogP contribution < -0.4 is 10.0 Å². The SMILES string of the molecule is Cc1cc(NS(=O)(=O)c2ccc(NC(CC(=O)c3ccc(Br)cc3)c3cccc(O)c3)cc2)no1. The number of rotatable bonds is 9.